The molecule has 0 atom stereocenters. The summed E-state index contributed by atoms with van der Waals surface area (Å²) in [6.07, 6.45) is 0.131. The first kappa shape index (κ1) is 19.4. The number of rotatable bonds is 8. The Morgan fingerprint density at radius 3 is 2.07 bits per heavy atom. The van der Waals surface area contributed by atoms with E-state index in [1.807, 2.05) is 61.5 Å². The molecule has 0 unspecified atom stereocenters. The number of hydrogen-bond donors (Lipinski definition) is 0. The van der Waals surface area contributed by atoms with Crippen molar-refractivity contribution in [3.8, 4) is 16.9 Å². The summed E-state index contributed by atoms with van der Waals surface area (Å²) in [6.45, 7) is 2.19. The van der Waals surface area contributed by atoms with E-state index in [9.17, 15) is 9.59 Å². The van der Waals surface area contributed by atoms with E-state index in [4.69, 9.17) is 9.47 Å². The molecule has 0 aromatic heterocycles. The second kappa shape index (κ2) is 9.51. The van der Waals surface area contributed by atoms with Crippen molar-refractivity contribution >= 4 is 11.8 Å². The van der Waals surface area contributed by atoms with Crippen LogP contribution in [0.3, 0.4) is 0 Å². The number of benzene rings is 3. The van der Waals surface area contributed by atoms with Crippen LogP contribution in [0.15, 0.2) is 78.9 Å². The summed E-state index contributed by atoms with van der Waals surface area (Å²) >= 11 is 0. The fourth-order valence-electron chi connectivity index (χ4n) is 2.80. The van der Waals surface area contributed by atoms with Gasteiger partial charge in [0.15, 0.2) is 12.4 Å². The molecular weight excluding hydrogens is 352 g/mol. The average molecular weight is 374 g/mol. The number of carbonyl (C=O) groups excluding carboxylic acids is 2. The first-order chi connectivity index (χ1) is 13.7. The second-order valence-corrected chi connectivity index (χ2v) is 6.28. The maximum absolute atomic E-state index is 12.2. The predicted molar refractivity (Wildman–Crippen MR) is 108 cm³/mol. The van der Waals surface area contributed by atoms with E-state index in [0.29, 0.717) is 17.9 Å². The van der Waals surface area contributed by atoms with Gasteiger partial charge in [-0.3, -0.25) is 9.59 Å². The van der Waals surface area contributed by atoms with Crippen molar-refractivity contribution in [3.05, 3.63) is 90.0 Å². The average Bonchev–Trinajstić information content (AvgIpc) is 2.74. The first-order valence-corrected chi connectivity index (χ1v) is 9.22. The molecule has 0 spiro atoms. The minimum Gasteiger partial charge on any atom is -0.494 e. The number of Topliss-reactive ketones (excluding diaryl/α,β-unsaturated/α-hetero) is 1. The fourth-order valence-corrected chi connectivity index (χ4v) is 2.80. The minimum atomic E-state index is -0.424. The highest BCUT2D eigenvalue weighted by Crippen LogP contribution is 2.19. The van der Waals surface area contributed by atoms with Crippen LogP contribution in [-0.2, 0) is 16.0 Å². The van der Waals surface area contributed by atoms with Crippen LogP contribution in [0.25, 0.3) is 11.1 Å². The molecule has 3 aromatic carbocycles. The Balaban J connectivity index is 1.50. The van der Waals surface area contributed by atoms with Crippen molar-refractivity contribution < 1.29 is 19.1 Å². The van der Waals surface area contributed by atoms with Crippen molar-refractivity contribution in [1.82, 2.24) is 0 Å². The Bertz CT molecular complexity index is 913. The quantitative estimate of drug-likeness (QED) is 0.423. The molecule has 4 nitrogen and oxygen atoms in total. The molecule has 0 bridgehead atoms. The number of ether oxygens (including phenoxy) is 2. The Morgan fingerprint density at radius 2 is 1.43 bits per heavy atom. The molecule has 3 rings (SSSR count). The smallest absolute Gasteiger partial charge is 0.310 e. The molecule has 0 saturated carbocycles. The fraction of sp³-hybridized carbons (Fsp3) is 0.167. The molecule has 0 N–H and O–H groups in total. The van der Waals surface area contributed by atoms with Gasteiger partial charge in [0.25, 0.3) is 0 Å². The van der Waals surface area contributed by atoms with Crippen molar-refractivity contribution in [2.75, 3.05) is 13.2 Å². The predicted octanol–water partition coefficient (Wildman–Crippen LogP) is 4.72. The molecule has 0 radical (unpaired) electrons. The lowest BCUT2D eigenvalue weighted by atomic mass is 10.0. The third-order valence-electron chi connectivity index (χ3n) is 4.26. The summed E-state index contributed by atoms with van der Waals surface area (Å²) in [5.41, 5.74) is 3.54. The molecule has 4 heteroatoms. The molecular formula is C24H22O4. The monoisotopic (exact) mass is 374 g/mol. The zero-order valence-corrected chi connectivity index (χ0v) is 15.8. The number of hydrogen-bond acceptors (Lipinski definition) is 4. The van der Waals surface area contributed by atoms with Gasteiger partial charge in [-0.2, -0.15) is 0 Å². The zero-order chi connectivity index (χ0) is 19.8. The van der Waals surface area contributed by atoms with Gasteiger partial charge in [-0.1, -0.05) is 54.6 Å². The Labute approximate surface area is 164 Å². The van der Waals surface area contributed by atoms with Gasteiger partial charge in [-0.25, -0.2) is 0 Å². The standard InChI is InChI=1S/C24H22O4/c1-2-27-22-14-12-21(13-15-22)23(25)17-28-24(26)16-18-8-10-20(11-9-18)19-6-4-3-5-7-19/h3-15H,2,16-17H2,1H3. The largest absolute Gasteiger partial charge is 0.494 e. The summed E-state index contributed by atoms with van der Waals surface area (Å²) in [5.74, 6) is 0.0394. The molecule has 0 heterocycles. The molecule has 0 amide bonds. The Hall–Kier alpha value is -3.40. The summed E-state index contributed by atoms with van der Waals surface area (Å²) in [5, 5.41) is 0. The minimum absolute atomic E-state index is 0.131. The maximum atomic E-state index is 12.2. The van der Waals surface area contributed by atoms with Gasteiger partial charge in [0.2, 0.25) is 0 Å². The van der Waals surface area contributed by atoms with Crippen LogP contribution < -0.4 is 4.74 Å². The van der Waals surface area contributed by atoms with Crippen LogP contribution in [0, 0.1) is 0 Å². The highest BCUT2D eigenvalue weighted by molar-refractivity contribution is 5.98. The summed E-state index contributed by atoms with van der Waals surface area (Å²) in [7, 11) is 0. The Kier molecular flexibility index (Phi) is 6.58. The van der Waals surface area contributed by atoms with Crippen LogP contribution in [0.1, 0.15) is 22.8 Å². The second-order valence-electron chi connectivity index (χ2n) is 6.28. The normalized spacial score (nSPS) is 10.3. The van der Waals surface area contributed by atoms with Gasteiger partial charge < -0.3 is 9.47 Å². The van der Waals surface area contributed by atoms with Crippen LogP contribution in [0.5, 0.6) is 5.75 Å². The van der Waals surface area contributed by atoms with E-state index in [1.54, 1.807) is 24.3 Å². The third-order valence-corrected chi connectivity index (χ3v) is 4.26. The Morgan fingerprint density at radius 1 is 0.786 bits per heavy atom. The van der Waals surface area contributed by atoms with Crippen LogP contribution in [-0.4, -0.2) is 25.0 Å². The lowest BCUT2D eigenvalue weighted by molar-refractivity contribution is -0.141. The van der Waals surface area contributed by atoms with Gasteiger partial charge in [0.05, 0.1) is 13.0 Å². The molecule has 3 aromatic rings. The highest BCUT2D eigenvalue weighted by atomic mass is 16.5. The van der Waals surface area contributed by atoms with Gasteiger partial charge in [-0.05, 0) is 47.9 Å². The number of carbonyl (C=O) groups is 2. The first-order valence-electron chi connectivity index (χ1n) is 9.22. The van der Waals surface area contributed by atoms with E-state index in [-0.39, 0.29) is 18.8 Å². The van der Waals surface area contributed by atoms with Crippen molar-refractivity contribution in [2.24, 2.45) is 0 Å². The maximum Gasteiger partial charge on any atom is 0.310 e. The number of ketones is 1. The zero-order valence-electron chi connectivity index (χ0n) is 15.8. The highest BCUT2D eigenvalue weighted by Gasteiger charge is 2.11. The van der Waals surface area contributed by atoms with Gasteiger partial charge in [0.1, 0.15) is 5.75 Å². The molecule has 142 valence electrons. The van der Waals surface area contributed by atoms with Crippen molar-refractivity contribution in [3.63, 3.8) is 0 Å². The van der Waals surface area contributed by atoms with Gasteiger partial charge >= 0.3 is 5.97 Å². The molecule has 0 saturated heterocycles. The van der Waals surface area contributed by atoms with E-state index < -0.39 is 5.97 Å². The summed E-state index contributed by atoms with van der Waals surface area (Å²) in [6, 6.07) is 24.6. The van der Waals surface area contributed by atoms with E-state index >= 15 is 0 Å². The van der Waals surface area contributed by atoms with Gasteiger partial charge in [0, 0.05) is 5.56 Å². The lowest BCUT2D eigenvalue weighted by Crippen LogP contribution is -2.15. The molecule has 0 aliphatic carbocycles. The molecule has 0 fully saturated rings. The summed E-state index contributed by atoms with van der Waals surface area (Å²) < 4.78 is 10.5. The van der Waals surface area contributed by atoms with E-state index in [1.165, 1.54) is 0 Å². The van der Waals surface area contributed by atoms with E-state index in [0.717, 1.165) is 16.7 Å². The van der Waals surface area contributed by atoms with E-state index in [2.05, 4.69) is 0 Å². The topological polar surface area (TPSA) is 52.6 Å². The third kappa shape index (κ3) is 5.30. The molecule has 28 heavy (non-hydrogen) atoms. The van der Waals surface area contributed by atoms with Gasteiger partial charge in [-0.15, -0.1) is 0 Å². The number of esters is 1. The van der Waals surface area contributed by atoms with Crippen LogP contribution in [0.4, 0.5) is 0 Å². The SMILES string of the molecule is CCOc1ccc(C(=O)COC(=O)Cc2ccc(-c3ccccc3)cc2)cc1. The lowest BCUT2D eigenvalue weighted by Gasteiger charge is -2.07. The van der Waals surface area contributed by atoms with Crippen molar-refractivity contribution in [2.45, 2.75) is 13.3 Å². The van der Waals surface area contributed by atoms with Crippen molar-refractivity contribution in [1.29, 1.82) is 0 Å². The van der Waals surface area contributed by atoms with Crippen LogP contribution >= 0.6 is 0 Å². The molecule has 0 aliphatic rings. The van der Waals surface area contributed by atoms with Crippen LogP contribution in [0.2, 0.25) is 0 Å². The summed E-state index contributed by atoms with van der Waals surface area (Å²) in [4.78, 5) is 24.2. The molecule has 0 aliphatic heterocycles.